The maximum absolute atomic E-state index is 14.5. The van der Waals surface area contributed by atoms with Gasteiger partial charge >= 0.3 is 0 Å². The van der Waals surface area contributed by atoms with Gasteiger partial charge in [-0.3, -0.25) is 15.0 Å². The molecule has 3 aromatic heterocycles. The van der Waals surface area contributed by atoms with Crippen LogP contribution in [0, 0.1) is 5.82 Å². The van der Waals surface area contributed by atoms with Crippen LogP contribution in [0.15, 0.2) is 48.8 Å². The fourth-order valence-corrected chi connectivity index (χ4v) is 5.03. The molecule has 6 rings (SSSR count). The zero-order chi connectivity index (χ0) is 21.1. The number of benzene rings is 1. The fourth-order valence-electron chi connectivity index (χ4n) is 4.85. The summed E-state index contributed by atoms with van der Waals surface area (Å²) in [4.78, 5) is 14.4. The SMILES string of the molecule is CN1CC2CC1CN2c1cnc2ccc(-c3c[nH]nc3-c3cc(Cl)ccc3F)nc2c1. The number of H-pyrrole nitrogens is 1. The van der Waals surface area contributed by atoms with Gasteiger partial charge in [0.05, 0.1) is 28.6 Å². The normalized spacial score (nSPS) is 20.8. The third kappa shape index (κ3) is 3.07. The van der Waals surface area contributed by atoms with Crippen molar-refractivity contribution in [1.29, 1.82) is 0 Å². The monoisotopic (exact) mass is 434 g/mol. The highest BCUT2D eigenvalue weighted by Gasteiger charge is 2.41. The number of rotatable bonds is 3. The van der Waals surface area contributed by atoms with Crippen molar-refractivity contribution in [3.63, 3.8) is 0 Å². The Morgan fingerprint density at radius 2 is 1.97 bits per heavy atom. The zero-order valence-corrected chi connectivity index (χ0v) is 17.6. The number of fused-ring (bicyclic) bond motifs is 3. The number of aromatic nitrogens is 4. The summed E-state index contributed by atoms with van der Waals surface area (Å²) in [6.07, 6.45) is 4.87. The first-order valence-electron chi connectivity index (χ1n) is 10.3. The van der Waals surface area contributed by atoms with Gasteiger partial charge in [-0.1, -0.05) is 11.6 Å². The number of aromatic amines is 1. The van der Waals surface area contributed by atoms with Gasteiger partial charge in [0, 0.05) is 47.5 Å². The second kappa shape index (κ2) is 7.00. The number of hydrogen-bond donors (Lipinski definition) is 1. The minimum atomic E-state index is -0.378. The third-order valence-electron chi connectivity index (χ3n) is 6.47. The molecule has 2 bridgehead atoms. The molecular formula is C23H20ClFN6. The topological polar surface area (TPSA) is 60.9 Å². The largest absolute Gasteiger partial charge is 0.364 e. The first kappa shape index (κ1) is 18.7. The Morgan fingerprint density at radius 1 is 1.06 bits per heavy atom. The van der Waals surface area contributed by atoms with E-state index in [2.05, 4.69) is 38.1 Å². The van der Waals surface area contributed by atoms with Crippen molar-refractivity contribution in [2.45, 2.75) is 18.5 Å². The summed E-state index contributed by atoms with van der Waals surface area (Å²) in [5.74, 6) is -0.378. The molecule has 0 radical (unpaired) electrons. The van der Waals surface area contributed by atoms with E-state index in [0.29, 0.717) is 34.1 Å². The number of likely N-dealkylation sites (tertiary alicyclic amines) is 1. The van der Waals surface area contributed by atoms with Gasteiger partial charge in [0.2, 0.25) is 0 Å². The molecule has 2 fully saturated rings. The van der Waals surface area contributed by atoms with Gasteiger partial charge in [0.1, 0.15) is 11.5 Å². The number of hydrogen-bond acceptors (Lipinski definition) is 5. The highest BCUT2D eigenvalue weighted by molar-refractivity contribution is 6.30. The summed E-state index contributed by atoms with van der Waals surface area (Å²) in [7, 11) is 2.19. The first-order chi connectivity index (χ1) is 15.1. The number of pyridine rings is 2. The van der Waals surface area contributed by atoms with Crippen LogP contribution in [0.1, 0.15) is 6.42 Å². The molecule has 4 aromatic rings. The van der Waals surface area contributed by atoms with Crippen molar-refractivity contribution in [3.05, 3.63) is 59.6 Å². The molecule has 1 aromatic carbocycles. The zero-order valence-electron chi connectivity index (χ0n) is 16.9. The lowest BCUT2D eigenvalue weighted by atomic mass is 10.0. The summed E-state index contributed by atoms with van der Waals surface area (Å²) in [6.45, 7) is 2.10. The molecule has 2 aliphatic heterocycles. The maximum atomic E-state index is 14.5. The van der Waals surface area contributed by atoms with Crippen molar-refractivity contribution >= 4 is 28.3 Å². The van der Waals surface area contributed by atoms with E-state index in [4.69, 9.17) is 16.6 Å². The molecule has 1 N–H and O–H groups in total. The van der Waals surface area contributed by atoms with E-state index in [1.54, 1.807) is 12.3 Å². The van der Waals surface area contributed by atoms with E-state index in [1.807, 2.05) is 18.3 Å². The van der Waals surface area contributed by atoms with Gasteiger partial charge in [0.15, 0.2) is 0 Å². The van der Waals surface area contributed by atoms with Crippen LogP contribution in [0.3, 0.4) is 0 Å². The third-order valence-corrected chi connectivity index (χ3v) is 6.70. The van der Waals surface area contributed by atoms with Crippen molar-refractivity contribution in [2.24, 2.45) is 0 Å². The molecule has 2 unspecified atom stereocenters. The van der Waals surface area contributed by atoms with Crippen molar-refractivity contribution in [2.75, 3.05) is 25.0 Å². The van der Waals surface area contributed by atoms with Crippen LogP contribution in [0.2, 0.25) is 5.02 Å². The minimum Gasteiger partial charge on any atom is -0.364 e. The maximum Gasteiger partial charge on any atom is 0.132 e. The van der Waals surface area contributed by atoms with Crippen LogP contribution in [0.5, 0.6) is 0 Å². The Balaban J connectivity index is 1.40. The molecule has 31 heavy (non-hydrogen) atoms. The van der Waals surface area contributed by atoms with Crippen LogP contribution in [0.4, 0.5) is 10.1 Å². The van der Waals surface area contributed by atoms with Gasteiger partial charge in [0.25, 0.3) is 0 Å². The van der Waals surface area contributed by atoms with Crippen molar-refractivity contribution in [3.8, 4) is 22.5 Å². The predicted molar refractivity (Wildman–Crippen MR) is 120 cm³/mol. The van der Waals surface area contributed by atoms with Crippen LogP contribution >= 0.6 is 11.6 Å². The second-order valence-corrected chi connectivity index (χ2v) is 8.77. The molecule has 8 heteroatoms. The van der Waals surface area contributed by atoms with Crippen LogP contribution < -0.4 is 4.90 Å². The minimum absolute atomic E-state index is 0.342. The van der Waals surface area contributed by atoms with E-state index in [1.165, 1.54) is 18.6 Å². The Morgan fingerprint density at radius 3 is 2.77 bits per heavy atom. The van der Waals surface area contributed by atoms with Crippen LogP contribution in [0.25, 0.3) is 33.5 Å². The van der Waals surface area contributed by atoms with Gasteiger partial charge < -0.3 is 4.90 Å². The van der Waals surface area contributed by atoms with Gasteiger partial charge in [-0.2, -0.15) is 5.10 Å². The standard InChI is InChI=1S/C23H20ClFN6/c1-30-11-16-7-15(30)12-31(16)14-8-22-21(26-9-14)5-4-20(28-22)18-10-27-29-23(18)17-6-13(24)2-3-19(17)25/h2-6,8-10,15-16H,7,11-12H2,1H3,(H,27,29). The van der Waals surface area contributed by atoms with Gasteiger partial charge in [-0.25, -0.2) is 9.37 Å². The van der Waals surface area contributed by atoms with Crippen LogP contribution in [-0.2, 0) is 0 Å². The molecule has 5 heterocycles. The van der Waals surface area contributed by atoms with E-state index in [9.17, 15) is 4.39 Å². The smallest absolute Gasteiger partial charge is 0.132 e. The lowest BCUT2D eigenvalue weighted by Gasteiger charge is -2.33. The number of anilines is 1. The molecule has 0 amide bonds. The van der Waals surface area contributed by atoms with Crippen LogP contribution in [-0.4, -0.2) is 57.3 Å². The van der Waals surface area contributed by atoms with E-state index in [0.717, 1.165) is 35.4 Å². The molecule has 2 atom stereocenters. The van der Waals surface area contributed by atoms with Crippen molar-refractivity contribution < 1.29 is 4.39 Å². The molecule has 0 aliphatic carbocycles. The Hall–Kier alpha value is -3.03. The first-order valence-corrected chi connectivity index (χ1v) is 10.7. The highest BCUT2D eigenvalue weighted by atomic mass is 35.5. The molecule has 0 spiro atoms. The van der Waals surface area contributed by atoms with Gasteiger partial charge in [-0.15, -0.1) is 0 Å². The fraction of sp³-hybridized carbons (Fsp3) is 0.261. The Labute approximate surface area is 183 Å². The van der Waals surface area contributed by atoms with E-state index in [-0.39, 0.29) is 5.82 Å². The van der Waals surface area contributed by atoms with Gasteiger partial charge in [-0.05, 0) is 49.9 Å². The van der Waals surface area contributed by atoms with E-state index >= 15 is 0 Å². The number of nitrogens with zero attached hydrogens (tertiary/aromatic N) is 5. The molecule has 2 saturated heterocycles. The average Bonchev–Trinajstić information content (AvgIpc) is 3.50. The number of nitrogens with one attached hydrogen (secondary N) is 1. The quantitative estimate of drug-likeness (QED) is 0.518. The second-order valence-electron chi connectivity index (χ2n) is 8.34. The molecular weight excluding hydrogens is 415 g/mol. The number of halogens is 2. The van der Waals surface area contributed by atoms with Crippen molar-refractivity contribution in [1.82, 2.24) is 25.1 Å². The summed E-state index contributed by atoms with van der Waals surface area (Å²) >= 11 is 6.09. The molecule has 0 saturated carbocycles. The Bertz CT molecular complexity index is 1300. The lowest BCUT2D eigenvalue weighted by Crippen LogP contribution is -2.44. The summed E-state index contributed by atoms with van der Waals surface area (Å²) in [5, 5.41) is 7.56. The number of likely N-dealkylation sites (N-methyl/N-ethyl adjacent to an activating group) is 1. The summed E-state index contributed by atoms with van der Waals surface area (Å²) in [5.41, 5.74) is 4.99. The Kier molecular flexibility index (Phi) is 4.23. The molecule has 2 aliphatic rings. The molecule has 156 valence electrons. The molecule has 6 nitrogen and oxygen atoms in total. The highest BCUT2D eigenvalue weighted by Crippen LogP contribution is 2.36. The predicted octanol–water partition coefficient (Wildman–Crippen LogP) is 4.37. The summed E-state index contributed by atoms with van der Waals surface area (Å²) < 4.78 is 14.5. The average molecular weight is 435 g/mol. The lowest BCUT2D eigenvalue weighted by molar-refractivity contribution is 0.292. The number of piperazine rings is 1. The summed E-state index contributed by atoms with van der Waals surface area (Å²) in [6, 6.07) is 11.5. The van der Waals surface area contributed by atoms with E-state index < -0.39 is 0 Å².